The molecular formula is C17H17NO3. The lowest BCUT2D eigenvalue weighted by atomic mass is 10.1. The quantitative estimate of drug-likeness (QED) is 0.811. The van der Waals surface area contributed by atoms with Gasteiger partial charge in [0, 0.05) is 5.69 Å². The summed E-state index contributed by atoms with van der Waals surface area (Å²) in [4.78, 5) is 14.1. The van der Waals surface area contributed by atoms with Crippen LogP contribution >= 0.6 is 0 Å². The largest absolute Gasteiger partial charge is 0.475 e. The first-order valence-electron chi connectivity index (χ1n) is 7.04. The van der Waals surface area contributed by atoms with Crippen molar-refractivity contribution >= 4 is 17.3 Å². The highest BCUT2D eigenvalue weighted by molar-refractivity contribution is 5.80. The molecule has 1 unspecified atom stereocenters. The molecule has 1 heterocycles. The van der Waals surface area contributed by atoms with Crippen molar-refractivity contribution in [3.05, 3.63) is 54.6 Å². The van der Waals surface area contributed by atoms with Gasteiger partial charge in [0.25, 0.3) is 0 Å². The zero-order valence-electron chi connectivity index (χ0n) is 11.9. The lowest BCUT2D eigenvalue weighted by Crippen LogP contribution is -2.43. The van der Waals surface area contributed by atoms with Gasteiger partial charge in [-0.3, -0.25) is 0 Å². The van der Waals surface area contributed by atoms with Crippen LogP contribution < -0.4 is 9.64 Å². The summed E-state index contributed by atoms with van der Waals surface area (Å²) < 4.78 is 10.9. The summed E-state index contributed by atoms with van der Waals surface area (Å²) in [5.74, 6) is 0.374. The number of carbonyl (C=O) groups is 1. The molecule has 0 bridgehead atoms. The monoisotopic (exact) mass is 283 g/mol. The number of hydrogen-bond donors (Lipinski definition) is 0. The molecule has 0 aliphatic carbocycles. The van der Waals surface area contributed by atoms with Gasteiger partial charge in [-0.1, -0.05) is 30.3 Å². The number of carbonyl (C=O) groups excluding carboxylic acids is 1. The van der Waals surface area contributed by atoms with Gasteiger partial charge in [-0.05, 0) is 31.2 Å². The number of hydrogen-bond acceptors (Lipinski definition) is 4. The van der Waals surface area contributed by atoms with Crippen LogP contribution in [0.5, 0.6) is 5.75 Å². The third-order valence-electron chi connectivity index (χ3n) is 3.39. The smallest absolute Gasteiger partial charge is 0.349 e. The van der Waals surface area contributed by atoms with E-state index < -0.39 is 6.10 Å². The minimum absolute atomic E-state index is 0.326. The van der Waals surface area contributed by atoms with Gasteiger partial charge in [-0.15, -0.1) is 0 Å². The number of nitrogens with zero attached hydrogens (tertiary/aromatic N) is 1. The van der Waals surface area contributed by atoms with Gasteiger partial charge in [-0.25, -0.2) is 4.79 Å². The molecule has 4 heteroatoms. The van der Waals surface area contributed by atoms with Crippen molar-refractivity contribution < 1.29 is 14.3 Å². The van der Waals surface area contributed by atoms with Crippen LogP contribution in [-0.4, -0.2) is 25.2 Å². The molecule has 0 amide bonds. The SMILES string of the molecule is CCOC(=O)C1CN(c2ccccc2)c2ccccc2O1. The topological polar surface area (TPSA) is 38.8 Å². The molecule has 0 spiro atoms. The van der Waals surface area contributed by atoms with Gasteiger partial charge in [0.15, 0.2) is 0 Å². The minimum atomic E-state index is -0.611. The normalized spacial score (nSPS) is 16.8. The van der Waals surface area contributed by atoms with E-state index in [2.05, 4.69) is 4.90 Å². The summed E-state index contributed by atoms with van der Waals surface area (Å²) in [6, 6.07) is 17.7. The molecule has 2 aromatic carbocycles. The average Bonchev–Trinajstić information content (AvgIpc) is 2.55. The number of esters is 1. The molecule has 1 aliphatic rings. The summed E-state index contributed by atoms with van der Waals surface area (Å²) in [6.07, 6.45) is -0.611. The van der Waals surface area contributed by atoms with Crippen LogP contribution in [0, 0.1) is 0 Å². The fraction of sp³-hybridized carbons (Fsp3) is 0.235. The molecule has 2 aromatic rings. The van der Waals surface area contributed by atoms with Gasteiger partial charge >= 0.3 is 5.97 Å². The molecule has 0 fully saturated rings. The summed E-state index contributed by atoms with van der Waals surface area (Å²) in [6.45, 7) is 2.59. The predicted molar refractivity (Wildman–Crippen MR) is 80.9 cm³/mol. The van der Waals surface area contributed by atoms with E-state index in [-0.39, 0.29) is 5.97 Å². The summed E-state index contributed by atoms with van der Waals surface area (Å²) >= 11 is 0. The Labute approximate surface area is 123 Å². The molecule has 0 radical (unpaired) electrons. The Morgan fingerprint density at radius 2 is 1.90 bits per heavy atom. The Morgan fingerprint density at radius 3 is 2.67 bits per heavy atom. The number of benzene rings is 2. The fourth-order valence-corrected chi connectivity index (χ4v) is 2.44. The van der Waals surface area contributed by atoms with Crippen LogP contribution in [0.1, 0.15) is 6.92 Å². The van der Waals surface area contributed by atoms with Crippen LogP contribution in [0.25, 0.3) is 0 Å². The van der Waals surface area contributed by atoms with E-state index in [4.69, 9.17) is 9.47 Å². The van der Waals surface area contributed by atoms with Gasteiger partial charge in [-0.2, -0.15) is 0 Å². The van der Waals surface area contributed by atoms with Crippen molar-refractivity contribution in [3.8, 4) is 5.75 Å². The molecule has 1 aliphatic heterocycles. The highest BCUT2D eigenvalue weighted by atomic mass is 16.6. The van der Waals surface area contributed by atoms with Crippen molar-refractivity contribution in [3.63, 3.8) is 0 Å². The molecule has 3 rings (SSSR count). The maximum absolute atomic E-state index is 12.0. The van der Waals surface area contributed by atoms with E-state index in [1.807, 2.05) is 54.6 Å². The number of anilines is 2. The van der Waals surface area contributed by atoms with Crippen molar-refractivity contribution in [2.45, 2.75) is 13.0 Å². The van der Waals surface area contributed by atoms with E-state index in [9.17, 15) is 4.79 Å². The van der Waals surface area contributed by atoms with Crippen LogP contribution in [0.15, 0.2) is 54.6 Å². The van der Waals surface area contributed by atoms with Crippen molar-refractivity contribution in [1.82, 2.24) is 0 Å². The van der Waals surface area contributed by atoms with Gasteiger partial charge in [0.05, 0.1) is 18.8 Å². The zero-order valence-corrected chi connectivity index (χ0v) is 11.9. The van der Waals surface area contributed by atoms with Gasteiger partial charge in [0.2, 0.25) is 6.10 Å². The van der Waals surface area contributed by atoms with Crippen LogP contribution in [-0.2, 0) is 9.53 Å². The van der Waals surface area contributed by atoms with Gasteiger partial charge < -0.3 is 14.4 Å². The molecule has 108 valence electrons. The molecule has 0 N–H and O–H groups in total. The third kappa shape index (κ3) is 2.70. The molecule has 21 heavy (non-hydrogen) atoms. The molecule has 1 atom stereocenters. The molecular weight excluding hydrogens is 266 g/mol. The molecule has 0 aromatic heterocycles. The number of ether oxygens (including phenoxy) is 2. The molecule has 4 nitrogen and oxygen atoms in total. The van der Waals surface area contributed by atoms with Crippen LogP contribution in [0.2, 0.25) is 0 Å². The van der Waals surface area contributed by atoms with Crippen molar-refractivity contribution in [2.75, 3.05) is 18.1 Å². The Balaban J connectivity index is 1.96. The number of fused-ring (bicyclic) bond motifs is 1. The Bertz CT molecular complexity index is 627. The third-order valence-corrected chi connectivity index (χ3v) is 3.39. The zero-order chi connectivity index (χ0) is 14.7. The highest BCUT2D eigenvalue weighted by Crippen LogP contribution is 2.37. The molecule has 0 saturated carbocycles. The van der Waals surface area contributed by atoms with E-state index in [1.54, 1.807) is 6.92 Å². The number of para-hydroxylation sites is 3. The average molecular weight is 283 g/mol. The maximum atomic E-state index is 12.0. The first-order valence-corrected chi connectivity index (χ1v) is 7.04. The van der Waals surface area contributed by atoms with Crippen LogP contribution in [0.4, 0.5) is 11.4 Å². The van der Waals surface area contributed by atoms with Crippen molar-refractivity contribution in [1.29, 1.82) is 0 Å². The first kappa shape index (κ1) is 13.5. The van der Waals surface area contributed by atoms with Gasteiger partial charge in [0.1, 0.15) is 5.75 Å². The standard InChI is InChI=1S/C17H17NO3/c1-2-20-17(19)16-12-18(13-8-4-3-5-9-13)14-10-6-7-11-15(14)21-16/h3-11,16H,2,12H2,1H3. The van der Waals surface area contributed by atoms with E-state index in [0.29, 0.717) is 18.9 Å². The second-order valence-corrected chi connectivity index (χ2v) is 4.77. The Morgan fingerprint density at radius 1 is 1.19 bits per heavy atom. The highest BCUT2D eigenvalue weighted by Gasteiger charge is 2.32. The first-order chi connectivity index (χ1) is 10.3. The Kier molecular flexibility index (Phi) is 3.77. The summed E-state index contributed by atoms with van der Waals surface area (Å²) in [5.41, 5.74) is 1.99. The van der Waals surface area contributed by atoms with E-state index in [1.165, 1.54) is 0 Å². The van der Waals surface area contributed by atoms with E-state index >= 15 is 0 Å². The second kappa shape index (κ2) is 5.87. The van der Waals surface area contributed by atoms with Crippen molar-refractivity contribution in [2.24, 2.45) is 0 Å². The lowest BCUT2D eigenvalue weighted by Gasteiger charge is -2.35. The Hall–Kier alpha value is -2.49. The summed E-state index contributed by atoms with van der Waals surface area (Å²) in [5, 5.41) is 0. The lowest BCUT2D eigenvalue weighted by molar-refractivity contribution is -0.151. The molecule has 0 saturated heterocycles. The predicted octanol–water partition coefficient (Wildman–Crippen LogP) is 3.15. The minimum Gasteiger partial charge on any atom is -0.475 e. The fourth-order valence-electron chi connectivity index (χ4n) is 2.44. The number of rotatable bonds is 3. The van der Waals surface area contributed by atoms with Crippen LogP contribution in [0.3, 0.4) is 0 Å². The second-order valence-electron chi connectivity index (χ2n) is 4.77. The van der Waals surface area contributed by atoms with E-state index in [0.717, 1.165) is 11.4 Å². The maximum Gasteiger partial charge on any atom is 0.349 e. The summed E-state index contributed by atoms with van der Waals surface area (Å²) in [7, 11) is 0.